The van der Waals surface area contributed by atoms with Gasteiger partial charge in [-0.05, 0) is 32.2 Å². The largest absolute Gasteiger partial charge is 0.624 e. The van der Waals surface area contributed by atoms with Crippen LogP contribution in [0.5, 0.6) is 5.75 Å². The lowest BCUT2D eigenvalue weighted by Crippen LogP contribution is -2.39. The molecule has 8 heteroatoms. The molecule has 1 aromatic carbocycles. The normalized spacial score (nSPS) is 32.8. The summed E-state index contributed by atoms with van der Waals surface area (Å²) in [5.74, 6) is 0.137. The molecule has 0 amide bonds. The van der Waals surface area contributed by atoms with E-state index >= 15 is 0 Å². The van der Waals surface area contributed by atoms with Gasteiger partial charge in [0.1, 0.15) is 11.7 Å². The number of ether oxygens (including phenoxy) is 1. The number of halogens is 1. The molecule has 0 aromatic heterocycles. The quantitative estimate of drug-likeness (QED) is 0.608. The van der Waals surface area contributed by atoms with Gasteiger partial charge in [-0.15, -0.1) is 0 Å². The summed E-state index contributed by atoms with van der Waals surface area (Å²) in [6, 6.07) is 4.42. The van der Waals surface area contributed by atoms with E-state index < -0.39 is 19.6 Å². The number of likely N-dealkylation sites (N-methyl/N-ethyl adjacent to an activating group) is 1. The number of hydrogen-bond donors (Lipinski definition) is 0. The van der Waals surface area contributed by atoms with Crippen LogP contribution < -0.4 is 9.42 Å². The Morgan fingerprint density at radius 2 is 2.30 bits per heavy atom. The summed E-state index contributed by atoms with van der Waals surface area (Å²) in [6.45, 7) is 2.04. The zero-order chi connectivity index (χ0) is 16.8. The van der Waals surface area contributed by atoms with E-state index in [1.54, 1.807) is 25.1 Å². The maximum Gasteiger partial charge on any atom is 0.323 e. The molecule has 2 heterocycles. The van der Waals surface area contributed by atoms with E-state index in [0.29, 0.717) is 17.2 Å². The molecule has 0 N–H and O–H groups in total. The Balaban J connectivity index is 2.08. The van der Waals surface area contributed by atoms with Crippen molar-refractivity contribution in [3.63, 3.8) is 0 Å². The molecule has 3 rings (SSSR count). The van der Waals surface area contributed by atoms with Crippen molar-refractivity contribution < 1.29 is 23.5 Å². The minimum atomic E-state index is -3.38. The first kappa shape index (κ1) is 16.9. The minimum Gasteiger partial charge on any atom is -0.624 e. The van der Waals surface area contributed by atoms with E-state index in [1.165, 1.54) is 7.11 Å². The molecule has 0 spiro atoms. The van der Waals surface area contributed by atoms with E-state index in [-0.39, 0.29) is 18.6 Å². The van der Waals surface area contributed by atoms with Crippen LogP contribution >= 0.6 is 19.5 Å². The van der Waals surface area contributed by atoms with Gasteiger partial charge in [0.25, 0.3) is 7.94 Å². The number of carbonyl (C=O) groups is 1. The lowest BCUT2D eigenvalue weighted by atomic mass is 10.0. The molecule has 2 aliphatic heterocycles. The number of likely N-dealkylation sites (tertiary alicyclic amines) is 1. The number of nitrogens with zero attached hydrogens (tertiary/aromatic N) is 1. The topological polar surface area (TPSA) is 71.1 Å². The van der Waals surface area contributed by atoms with Crippen molar-refractivity contribution in [3.8, 4) is 5.75 Å². The molecule has 0 aliphatic carbocycles. The third kappa shape index (κ3) is 2.73. The number of esters is 1. The van der Waals surface area contributed by atoms with E-state index in [0.717, 1.165) is 5.56 Å². The fourth-order valence-corrected chi connectivity index (χ4v) is 5.99. The molecule has 126 valence electrons. The van der Waals surface area contributed by atoms with Crippen LogP contribution in [-0.2, 0) is 14.1 Å². The van der Waals surface area contributed by atoms with Crippen LogP contribution in [0.1, 0.15) is 24.9 Å². The smallest absolute Gasteiger partial charge is 0.323 e. The van der Waals surface area contributed by atoms with Gasteiger partial charge in [-0.3, -0.25) is 9.69 Å². The van der Waals surface area contributed by atoms with E-state index in [2.05, 4.69) is 0 Å². The molecular weight excluding hydrogens is 341 g/mol. The highest BCUT2D eigenvalue weighted by Gasteiger charge is 2.60. The molecule has 0 saturated carbocycles. The molecule has 0 radical (unpaired) electrons. The molecule has 1 unspecified atom stereocenters. The van der Waals surface area contributed by atoms with Crippen molar-refractivity contribution in [2.24, 2.45) is 0 Å². The lowest BCUT2D eigenvalue weighted by Gasteiger charge is -2.40. The zero-order valence-electron chi connectivity index (χ0n) is 13.2. The Bertz CT molecular complexity index is 630. The van der Waals surface area contributed by atoms with Gasteiger partial charge in [0.15, 0.2) is 5.75 Å². The number of methoxy groups -OCH3 is 1. The van der Waals surface area contributed by atoms with Gasteiger partial charge in [0.05, 0.1) is 19.8 Å². The van der Waals surface area contributed by atoms with Gasteiger partial charge in [0, 0.05) is 17.0 Å². The number of carbonyl (C=O) groups excluding carboxylic acids is 1. The second kappa shape index (κ2) is 6.19. The zero-order valence-corrected chi connectivity index (χ0v) is 14.8. The summed E-state index contributed by atoms with van der Waals surface area (Å²) in [5.41, 5.74) is 0.394. The summed E-state index contributed by atoms with van der Waals surface area (Å²) in [7, 11) is -0.215. The van der Waals surface area contributed by atoms with Gasteiger partial charge < -0.3 is 14.2 Å². The molecule has 1 aromatic rings. The summed E-state index contributed by atoms with van der Waals surface area (Å²) in [6.07, 6.45) is 0.358. The van der Waals surface area contributed by atoms with Crippen molar-refractivity contribution in [2.75, 3.05) is 20.8 Å². The van der Waals surface area contributed by atoms with Crippen LogP contribution in [0.2, 0.25) is 5.02 Å². The Kier molecular flexibility index (Phi) is 4.55. The van der Waals surface area contributed by atoms with Crippen LogP contribution in [0.3, 0.4) is 0 Å². The molecular formula is C15H19ClNO5P. The van der Waals surface area contributed by atoms with Crippen LogP contribution in [0, 0.1) is 0 Å². The Morgan fingerprint density at radius 1 is 1.57 bits per heavy atom. The fraction of sp³-hybridized carbons (Fsp3) is 0.533. The van der Waals surface area contributed by atoms with Gasteiger partial charge in [-0.1, -0.05) is 11.6 Å². The summed E-state index contributed by atoms with van der Waals surface area (Å²) < 4.78 is 16.1. The van der Waals surface area contributed by atoms with Gasteiger partial charge in [-0.2, -0.15) is 0 Å². The number of hydrogen-bond acceptors (Lipinski definition) is 6. The van der Waals surface area contributed by atoms with Gasteiger partial charge >= 0.3 is 5.97 Å². The van der Waals surface area contributed by atoms with Gasteiger partial charge in [-0.25, -0.2) is 4.52 Å². The molecule has 6 nitrogen and oxygen atoms in total. The molecule has 1 fully saturated rings. The second-order valence-corrected chi connectivity index (χ2v) is 8.30. The first-order valence-corrected chi connectivity index (χ1v) is 9.43. The average molecular weight is 360 g/mol. The third-order valence-electron chi connectivity index (χ3n) is 4.46. The predicted molar refractivity (Wildman–Crippen MR) is 85.3 cm³/mol. The van der Waals surface area contributed by atoms with Crippen LogP contribution in [0.15, 0.2) is 18.2 Å². The van der Waals surface area contributed by atoms with Crippen LogP contribution in [-0.4, -0.2) is 43.3 Å². The maximum atomic E-state index is 13.2. The minimum absolute atomic E-state index is 0.265. The van der Waals surface area contributed by atoms with Crippen molar-refractivity contribution in [1.29, 1.82) is 0 Å². The third-order valence-corrected chi connectivity index (χ3v) is 7.07. The van der Waals surface area contributed by atoms with Crippen molar-refractivity contribution in [3.05, 3.63) is 28.8 Å². The number of rotatable bonds is 3. The number of fused-ring (bicyclic) bond motifs is 3. The maximum absolute atomic E-state index is 13.2. The Labute approximate surface area is 140 Å². The molecule has 23 heavy (non-hydrogen) atoms. The standard InChI is InChI=1S/C15H19ClNO5P/c1-4-21-23(19)13-8-11(15(18)20-3)17(2)14(13)10-7-9(16)5-6-12(10)22-23/h5-7,11,13-14H,4,8H2,1-3H3/t11-,13+,14+,23?/m1/s1. The van der Waals surface area contributed by atoms with E-state index in [9.17, 15) is 9.69 Å². The highest BCUT2D eigenvalue weighted by molar-refractivity contribution is 7.60. The SMILES string of the molecule is CCO[P+]1([O-])Oc2ccc(Cl)cc2[C@H]2[C@@H]1C[C@H](C(=O)OC)N2C. The fourth-order valence-electron chi connectivity index (χ4n) is 3.46. The highest BCUT2D eigenvalue weighted by atomic mass is 35.5. The molecule has 4 atom stereocenters. The molecule has 1 saturated heterocycles. The summed E-state index contributed by atoms with van der Waals surface area (Å²) >= 11 is 6.11. The van der Waals surface area contributed by atoms with Crippen molar-refractivity contribution in [2.45, 2.75) is 31.1 Å². The predicted octanol–water partition coefficient (Wildman–Crippen LogP) is 2.18. The summed E-state index contributed by atoms with van der Waals surface area (Å²) in [4.78, 5) is 27.2. The summed E-state index contributed by atoms with van der Waals surface area (Å²) in [5, 5.41) is 0.564. The average Bonchev–Trinajstić information content (AvgIpc) is 2.87. The first-order valence-electron chi connectivity index (χ1n) is 7.44. The van der Waals surface area contributed by atoms with Crippen LogP contribution in [0.4, 0.5) is 0 Å². The van der Waals surface area contributed by atoms with Crippen molar-refractivity contribution in [1.82, 2.24) is 4.90 Å². The van der Waals surface area contributed by atoms with E-state index in [4.69, 9.17) is 25.4 Å². The Hall–Kier alpha value is -0.910. The second-order valence-electron chi connectivity index (χ2n) is 5.68. The molecule has 2 aliphatic rings. The van der Waals surface area contributed by atoms with E-state index in [1.807, 2.05) is 11.9 Å². The van der Waals surface area contributed by atoms with Crippen LogP contribution in [0.25, 0.3) is 0 Å². The highest BCUT2D eigenvalue weighted by Crippen LogP contribution is 2.69. The lowest BCUT2D eigenvalue weighted by molar-refractivity contribution is -0.215. The monoisotopic (exact) mass is 359 g/mol. The first-order chi connectivity index (χ1) is 10.9. The molecule has 0 bridgehead atoms. The van der Waals surface area contributed by atoms with Gasteiger partial charge in [0.2, 0.25) is 0 Å². The number of benzene rings is 1. The van der Waals surface area contributed by atoms with Crippen molar-refractivity contribution >= 4 is 25.5 Å². The Morgan fingerprint density at radius 3 is 2.96 bits per heavy atom.